The molecule has 35 heavy (non-hydrogen) atoms. The van der Waals surface area contributed by atoms with Gasteiger partial charge in [0.1, 0.15) is 36.9 Å². The van der Waals surface area contributed by atoms with E-state index in [9.17, 15) is 10.2 Å². The van der Waals surface area contributed by atoms with E-state index in [2.05, 4.69) is 0 Å². The zero-order valence-corrected chi connectivity index (χ0v) is 19.7. The Kier molecular flexibility index (Phi) is 6.87. The van der Waals surface area contributed by atoms with Crippen LogP contribution in [0.2, 0.25) is 5.02 Å². The van der Waals surface area contributed by atoms with Crippen molar-refractivity contribution in [2.75, 3.05) is 13.2 Å². The highest BCUT2D eigenvalue weighted by Gasteiger charge is 2.19. The fourth-order valence-electron chi connectivity index (χ4n) is 4.25. The van der Waals surface area contributed by atoms with Crippen molar-refractivity contribution in [3.8, 4) is 11.5 Å². The van der Waals surface area contributed by atoms with Crippen molar-refractivity contribution < 1.29 is 19.7 Å². The molecule has 5 aromatic rings. The number of hydrogen-bond acceptors (Lipinski definition) is 4. The first kappa shape index (κ1) is 23.2. The second-order valence-electron chi connectivity index (χ2n) is 8.37. The summed E-state index contributed by atoms with van der Waals surface area (Å²) in [6, 6.07) is 32.2. The summed E-state index contributed by atoms with van der Waals surface area (Å²) in [4.78, 5) is 0. The molecular weight excluding hydrogens is 460 g/mol. The average Bonchev–Trinajstić information content (AvgIpc) is 2.91. The summed E-state index contributed by atoms with van der Waals surface area (Å²) in [5, 5.41) is 25.2. The molecule has 5 rings (SSSR count). The van der Waals surface area contributed by atoms with Crippen LogP contribution in [0.25, 0.3) is 21.5 Å². The standard InChI is InChI=1S/C30H25ClO4/c31-22-15-16-25-26(17-22)30(35-19-28(33)21-11-5-2-6-12-21)24-14-8-7-13-23(24)29(25)34-18-27(32)20-9-3-1-4-10-20/h1-17,27-28,32-33H,18-19H2. The molecule has 0 aliphatic carbocycles. The first-order valence-electron chi connectivity index (χ1n) is 11.5. The molecule has 0 heterocycles. The van der Waals surface area contributed by atoms with E-state index in [0.29, 0.717) is 16.5 Å². The molecule has 0 saturated carbocycles. The van der Waals surface area contributed by atoms with Crippen LogP contribution in [0, 0.1) is 0 Å². The van der Waals surface area contributed by atoms with Gasteiger partial charge in [-0.15, -0.1) is 0 Å². The Morgan fingerprint density at radius 1 is 0.543 bits per heavy atom. The van der Waals surface area contributed by atoms with Crippen LogP contribution < -0.4 is 9.47 Å². The lowest BCUT2D eigenvalue weighted by molar-refractivity contribution is 0.108. The van der Waals surface area contributed by atoms with Crippen LogP contribution in [0.1, 0.15) is 23.3 Å². The van der Waals surface area contributed by atoms with Gasteiger partial charge in [-0.2, -0.15) is 0 Å². The van der Waals surface area contributed by atoms with Crippen molar-refractivity contribution in [2.24, 2.45) is 0 Å². The minimum Gasteiger partial charge on any atom is -0.489 e. The lowest BCUT2D eigenvalue weighted by Gasteiger charge is -2.20. The SMILES string of the molecule is OC(COc1c2ccccc2c(OCC(O)c2ccccc2)c2cc(Cl)ccc12)c1ccccc1. The third kappa shape index (κ3) is 4.96. The molecule has 0 aliphatic heterocycles. The number of benzene rings is 5. The highest BCUT2D eigenvalue weighted by Crippen LogP contribution is 2.44. The molecule has 5 aromatic carbocycles. The van der Waals surface area contributed by atoms with Gasteiger partial charge in [0.05, 0.1) is 0 Å². The maximum Gasteiger partial charge on any atom is 0.135 e. The Bertz CT molecular complexity index is 1440. The number of aliphatic hydroxyl groups excluding tert-OH is 2. The molecule has 4 nitrogen and oxygen atoms in total. The number of halogens is 1. The summed E-state index contributed by atoms with van der Waals surface area (Å²) < 4.78 is 12.5. The Morgan fingerprint density at radius 3 is 1.49 bits per heavy atom. The minimum atomic E-state index is -0.777. The van der Waals surface area contributed by atoms with Gasteiger partial charge in [-0.05, 0) is 29.3 Å². The number of ether oxygens (including phenoxy) is 2. The van der Waals surface area contributed by atoms with E-state index in [0.717, 1.165) is 32.7 Å². The van der Waals surface area contributed by atoms with Crippen LogP contribution >= 0.6 is 11.6 Å². The van der Waals surface area contributed by atoms with E-state index in [1.807, 2.05) is 103 Å². The second-order valence-corrected chi connectivity index (χ2v) is 8.81. The van der Waals surface area contributed by atoms with Crippen molar-refractivity contribution in [1.82, 2.24) is 0 Å². The molecule has 5 heteroatoms. The van der Waals surface area contributed by atoms with Crippen molar-refractivity contribution in [2.45, 2.75) is 12.2 Å². The van der Waals surface area contributed by atoms with Gasteiger partial charge in [-0.3, -0.25) is 0 Å². The van der Waals surface area contributed by atoms with Crippen LogP contribution in [0.3, 0.4) is 0 Å². The Labute approximate surface area is 208 Å². The van der Waals surface area contributed by atoms with Crippen molar-refractivity contribution in [3.63, 3.8) is 0 Å². The maximum absolute atomic E-state index is 10.7. The monoisotopic (exact) mass is 484 g/mol. The third-order valence-electron chi connectivity index (χ3n) is 6.03. The van der Waals surface area contributed by atoms with Crippen LogP contribution in [-0.4, -0.2) is 23.4 Å². The van der Waals surface area contributed by atoms with Crippen molar-refractivity contribution in [1.29, 1.82) is 0 Å². The van der Waals surface area contributed by atoms with E-state index in [-0.39, 0.29) is 13.2 Å². The zero-order chi connectivity index (χ0) is 24.2. The molecule has 0 bridgehead atoms. The van der Waals surface area contributed by atoms with Gasteiger partial charge >= 0.3 is 0 Å². The smallest absolute Gasteiger partial charge is 0.135 e. The normalized spacial score (nSPS) is 13.0. The van der Waals surface area contributed by atoms with Gasteiger partial charge < -0.3 is 19.7 Å². The first-order chi connectivity index (χ1) is 17.1. The summed E-state index contributed by atoms with van der Waals surface area (Å²) in [5.41, 5.74) is 1.58. The van der Waals surface area contributed by atoms with Gasteiger partial charge in [0.15, 0.2) is 0 Å². The van der Waals surface area contributed by atoms with E-state index in [4.69, 9.17) is 21.1 Å². The lowest BCUT2D eigenvalue weighted by Crippen LogP contribution is -2.11. The van der Waals surface area contributed by atoms with Gasteiger partial charge in [-0.25, -0.2) is 0 Å². The first-order valence-corrected chi connectivity index (χ1v) is 11.8. The zero-order valence-electron chi connectivity index (χ0n) is 19.0. The predicted molar refractivity (Wildman–Crippen MR) is 140 cm³/mol. The fourth-order valence-corrected chi connectivity index (χ4v) is 4.42. The molecule has 0 spiro atoms. The maximum atomic E-state index is 10.7. The van der Waals surface area contributed by atoms with Crippen LogP contribution in [0.5, 0.6) is 11.5 Å². The molecule has 0 aliphatic rings. The van der Waals surface area contributed by atoms with Crippen LogP contribution in [0.15, 0.2) is 103 Å². The molecule has 0 radical (unpaired) electrons. The van der Waals surface area contributed by atoms with E-state index < -0.39 is 12.2 Å². The summed E-state index contributed by atoms with van der Waals surface area (Å²) in [6.45, 7) is 0.182. The Hall–Kier alpha value is -3.57. The Balaban J connectivity index is 1.54. The topological polar surface area (TPSA) is 58.9 Å². The van der Waals surface area contributed by atoms with Gasteiger partial charge in [0.2, 0.25) is 0 Å². The molecule has 2 N–H and O–H groups in total. The number of fused-ring (bicyclic) bond motifs is 2. The average molecular weight is 485 g/mol. The van der Waals surface area contributed by atoms with Gasteiger partial charge in [-0.1, -0.05) is 96.5 Å². The molecular formula is C30H25ClO4. The molecule has 0 amide bonds. The van der Waals surface area contributed by atoms with E-state index >= 15 is 0 Å². The fraction of sp³-hybridized carbons (Fsp3) is 0.133. The van der Waals surface area contributed by atoms with Gasteiger partial charge in [0, 0.05) is 26.6 Å². The minimum absolute atomic E-state index is 0.0859. The molecule has 2 unspecified atom stereocenters. The van der Waals surface area contributed by atoms with E-state index in [1.165, 1.54) is 0 Å². The summed E-state index contributed by atoms with van der Waals surface area (Å²) in [6.07, 6.45) is -1.55. The highest BCUT2D eigenvalue weighted by atomic mass is 35.5. The lowest BCUT2D eigenvalue weighted by atomic mass is 10.0. The van der Waals surface area contributed by atoms with Crippen LogP contribution in [-0.2, 0) is 0 Å². The van der Waals surface area contributed by atoms with Gasteiger partial charge in [0.25, 0.3) is 0 Å². The molecule has 0 fully saturated rings. The molecule has 0 saturated heterocycles. The number of aliphatic hydroxyl groups is 2. The number of rotatable bonds is 8. The molecule has 2 atom stereocenters. The van der Waals surface area contributed by atoms with Crippen molar-refractivity contribution >= 4 is 33.1 Å². The van der Waals surface area contributed by atoms with Crippen LogP contribution in [0.4, 0.5) is 0 Å². The molecule has 0 aromatic heterocycles. The van der Waals surface area contributed by atoms with Crippen molar-refractivity contribution in [3.05, 3.63) is 119 Å². The summed E-state index contributed by atoms with van der Waals surface area (Å²) in [7, 11) is 0. The van der Waals surface area contributed by atoms with E-state index in [1.54, 1.807) is 0 Å². The highest BCUT2D eigenvalue weighted by molar-refractivity contribution is 6.31. The quantitative estimate of drug-likeness (QED) is 0.236. The predicted octanol–water partition coefficient (Wildman–Crippen LogP) is 6.87. The third-order valence-corrected chi connectivity index (χ3v) is 6.26. The second kappa shape index (κ2) is 10.4. The summed E-state index contributed by atoms with van der Waals surface area (Å²) in [5.74, 6) is 1.28. The largest absolute Gasteiger partial charge is 0.489 e. The molecule has 176 valence electrons. The summed E-state index contributed by atoms with van der Waals surface area (Å²) >= 11 is 6.37. The Morgan fingerprint density at radius 2 is 0.971 bits per heavy atom. The number of hydrogen-bond donors (Lipinski definition) is 2.